The van der Waals surface area contributed by atoms with Gasteiger partial charge in [0.2, 0.25) is 5.91 Å². The maximum Gasteiger partial charge on any atom is 0.345 e. The summed E-state index contributed by atoms with van der Waals surface area (Å²) in [5.41, 5.74) is 2.14. The van der Waals surface area contributed by atoms with Crippen molar-refractivity contribution in [3.05, 3.63) is 57.3 Å². The molecule has 1 aromatic heterocycles. The lowest BCUT2D eigenvalue weighted by Gasteiger charge is -2.20. The Morgan fingerprint density at radius 1 is 1.21 bits per heavy atom. The molecule has 0 radical (unpaired) electrons. The van der Waals surface area contributed by atoms with Crippen LogP contribution in [0.4, 0.5) is 0 Å². The number of thiophene rings is 1. The number of carbonyl (C=O) groups excluding carboxylic acids is 1. The molecule has 3 rings (SSSR count). The van der Waals surface area contributed by atoms with Gasteiger partial charge in [-0.05, 0) is 48.9 Å². The molecule has 1 aromatic carbocycles. The number of nitrogens with one attached hydrogen (secondary N) is 1. The Labute approximate surface area is 168 Å². The molecule has 1 unspecified atom stereocenters. The summed E-state index contributed by atoms with van der Waals surface area (Å²) in [6, 6.07) is 11.5. The van der Waals surface area contributed by atoms with E-state index in [1.54, 1.807) is 12.1 Å². The van der Waals surface area contributed by atoms with E-state index in [1.165, 1.54) is 16.9 Å². The first-order valence-electron chi connectivity index (χ1n) is 9.50. The van der Waals surface area contributed by atoms with Crippen LogP contribution in [0.15, 0.2) is 36.4 Å². The Morgan fingerprint density at radius 2 is 2.00 bits per heavy atom. The van der Waals surface area contributed by atoms with Crippen molar-refractivity contribution in [1.82, 2.24) is 5.32 Å². The molecule has 1 fully saturated rings. The molecule has 28 heavy (non-hydrogen) atoms. The SMILES string of the molecule is O=C1CC[C@@H](COC(c2ccc(CCCCO)cc2)c2ccc(C(=O)O)s2)N1. The first-order valence-corrected chi connectivity index (χ1v) is 10.3. The van der Waals surface area contributed by atoms with E-state index in [2.05, 4.69) is 5.32 Å². The van der Waals surface area contributed by atoms with Crippen molar-refractivity contribution in [2.45, 2.75) is 44.2 Å². The van der Waals surface area contributed by atoms with E-state index in [4.69, 9.17) is 9.84 Å². The lowest BCUT2D eigenvalue weighted by molar-refractivity contribution is -0.119. The van der Waals surface area contributed by atoms with Crippen LogP contribution in [0.5, 0.6) is 0 Å². The summed E-state index contributed by atoms with van der Waals surface area (Å²) in [5, 5.41) is 21.0. The van der Waals surface area contributed by atoms with Gasteiger partial charge in [-0.15, -0.1) is 11.3 Å². The second-order valence-corrected chi connectivity index (χ2v) is 8.06. The zero-order valence-electron chi connectivity index (χ0n) is 15.6. The van der Waals surface area contributed by atoms with Gasteiger partial charge >= 0.3 is 5.97 Å². The highest BCUT2D eigenvalue weighted by atomic mass is 32.1. The van der Waals surface area contributed by atoms with Crippen molar-refractivity contribution in [2.75, 3.05) is 13.2 Å². The van der Waals surface area contributed by atoms with Gasteiger partial charge in [-0.25, -0.2) is 4.79 Å². The summed E-state index contributed by atoms with van der Waals surface area (Å²) in [5.74, 6) is -0.904. The lowest BCUT2D eigenvalue weighted by Crippen LogP contribution is -2.30. The average Bonchev–Trinajstić information content (AvgIpc) is 3.33. The number of aliphatic hydroxyl groups excluding tert-OH is 1. The number of hydrogen-bond donors (Lipinski definition) is 3. The van der Waals surface area contributed by atoms with Crippen LogP contribution in [0.3, 0.4) is 0 Å². The molecule has 2 aromatic rings. The molecule has 3 N–H and O–H groups in total. The standard InChI is InChI=1S/C21H25NO5S/c23-12-2-1-3-14-4-6-15(7-5-14)20(17-9-10-18(28-17)21(25)26)27-13-16-8-11-19(24)22-16/h4-7,9-10,16,20,23H,1-3,8,11-13H2,(H,22,24)(H,25,26)/t16-,20?/m0/s1. The van der Waals surface area contributed by atoms with E-state index in [9.17, 15) is 14.7 Å². The lowest BCUT2D eigenvalue weighted by atomic mass is 10.0. The molecule has 1 aliphatic heterocycles. The monoisotopic (exact) mass is 403 g/mol. The number of ether oxygens (including phenoxy) is 1. The molecule has 6 nitrogen and oxygen atoms in total. The summed E-state index contributed by atoms with van der Waals surface area (Å²) < 4.78 is 6.15. The van der Waals surface area contributed by atoms with Crippen molar-refractivity contribution < 1.29 is 24.5 Å². The summed E-state index contributed by atoms with van der Waals surface area (Å²) in [7, 11) is 0. The van der Waals surface area contributed by atoms with Crippen molar-refractivity contribution in [2.24, 2.45) is 0 Å². The fourth-order valence-corrected chi connectivity index (χ4v) is 4.19. The van der Waals surface area contributed by atoms with Gasteiger partial charge in [0.05, 0.1) is 12.6 Å². The number of carbonyl (C=O) groups is 2. The Kier molecular flexibility index (Phi) is 7.19. The third-order valence-corrected chi connectivity index (χ3v) is 5.92. The van der Waals surface area contributed by atoms with Gasteiger partial charge in [-0.3, -0.25) is 4.79 Å². The highest BCUT2D eigenvalue weighted by Crippen LogP contribution is 2.32. The van der Waals surface area contributed by atoms with Crippen LogP contribution in [0.1, 0.15) is 57.5 Å². The van der Waals surface area contributed by atoms with Gasteiger partial charge in [0, 0.05) is 17.9 Å². The van der Waals surface area contributed by atoms with E-state index in [0.29, 0.717) is 13.0 Å². The Bertz CT molecular complexity index is 801. The number of carboxylic acids is 1. The van der Waals surface area contributed by atoms with Crippen molar-refractivity contribution in [3.8, 4) is 0 Å². The van der Waals surface area contributed by atoms with Gasteiger partial charge in [-0.1, -0.05) is 24.3 Å². The molecule has 2 atom stereocenters. The van der Waals surface area contributed by atoms with Gasteiger partial charge in [-0.2, -0.15) is 0 Å². The molecular weight excluding hydrogens is 378 g/mol. The van der Waals surface area contributed by atoms with E-state index in [1.807, 2.05) is 24.3 Å². The molecule has 1 amide bonds. The van der Waals surface area contributed by atoms with Crippen molar-refractivity contribution >= 4 is 23.2 Å². The number of aliphatic hydroxyl groups is 1. The van der Waals surface area contributed by atoms with Gasteiger partial charge in [0.1, 0.15) is 11.0 Å². The minimum atomic E-state index is -0.947. The van der Waals surface area contributed by atoms with Crippen LogP contribution < -0.4 is 5.32 Å². The molecule has 150 valence electrons. The highest BCUT2D eigenvalue weighted by Gasteiger charge is 2.24. The minimum Gasteiger partial charge on any atom is -0.477 e. The topological polar surface area (TPSA) is 95.9 Å². The van der Waals surface area contributed by atoms with E-state index < -0.39 is 5.97 Å². The van der Waals surface area contributed by atoms with Crippen molar-refractivity contribution in [1.29, 1.82) is 0 Å². The average molecular weight is 404 g/mol. The number of unbranched alkanes of at least 4 members (excludes halogenated alkanes) is 1. The molecule has 0 saturated carbocycles. The number of aryl methyl sites for hydroxylation is 1. The fraction of sp³-hybridized carbons (Fsp3) is 0.429. The summed E-state index contributed by atoms with van der Waals surface area (Å²) >= 11 is 1.21. The first-order chi connectivity index (χ1) is 13.6. The smallest absolute Gasteiger partial charge is 0.345 e. The molecule has 0 aliphatic carbocycles. The van der Waals surface area contributed by atoms with Crippen molar-refractivity contribution in [3.63, 3.8) is 0 Å². The van der Waals surface area contributed by atoms with Gasteiger partial charge in [0.15, 0.2) is 0 Å². The Hall–Kier alpha value is -2.22. The quantitative estimate of drug-likeness (QED) is 0.530. The minimum absolute atomic E-state index is 0.00772. The van der Waals surface area contributed by atoms with E-state index >= 15 is 0 Å². The number of aromatic carboxylic acids is 1. The number of amides is 1. The van der Waals surface area contributed by atoms with E-state index in [0.717, 1.165) is 36.1 Å². The molecule has 1 saturated heterocycles. The molecule has 1 aliphatic rings. The summed E-state index contributed by atoms with van der Waals surface area (Å²) in [4.78, 5) is 23.8. The fourth-order valence-electron chi connectivity index (χ4n) is 3.27. The van der Waals surface area contributed by atoms with E-state index in [-0.39, 0.29) is 29.5 Å². The molecule has 0 bridgehead atoms. The third kappa shape index (κ3) is 5.41. The summed E-state index contributed by atoms with van der Waals surface area (Å²) in [6.07, 6.45) is 3.52. The molecule has 2 heterocycles. The number of benzene rings is 1. The largest absolute Gasteiger partial charge is 0.477 e. The Balaban J connectivity index is 1.74. The maximum atomic E-state index is 11.4. The molecule has 0 spiro atoms. The van der Waals surface area contributed by atoms with Crippen LogP contribution in [-0.4, -0.2) is 41.3 Å². The third-order valence-electron chi connectivity index (χ3n) is 4.80. The second kappa shape index (κ2) is 9.82. The number of hydrogen-bond acceptors (Lipinski definition) is 5. The normalized spacial score (nSPS) is 17.5. The predicted octanol–water partition coefficient (Wildman–Crippen LogP) is 3.15. The first kappa shape index (κ1) is 20.5. The molecule has 7 heteroatoms. The highest BCUT2D eigenvalue weighted by molar-refractivity contribution is 7.14. The maximum absolute atomic E-state index is 11.4. The zero-order chi connectivity index (χ0) is 19.9. The van der Waals surface area contributed by atoms with Crippen LogP contribution in [0, 0.1) is 0 Å². The van der Waals surface area contributed by atoms with Gasteiger partial charge < -0.3 is 20.3 Å². The summed E-state index contributed by atoms with van der Waals surface area (Å²) in [6.45, 7) is 0.588. The molecular formula is C21H25NO5S. The second-order valence-electron chi connectivity index (χ2n) is 6.95. The van der Waals surface area contributed by atoms with Crippen LogP contribution in [0.25, 0.3) is 0 Å². The van der Waals surface area contributed by atoms with Crippen LogP contribution in [-0.2, 0) is 16.0 Å². The Morgan fingerprint density at radius 3 is 2.61 bits per heavy atom. The van der Waals surface area contributed by atoms with Gasteiger partial charge in [0.25, 0.3) is 0 Å². The zero-order valence-corrected chi connectivity index (χ0v) is 16.4. The van der Waals surface area contributed by atoms with Crippen LogP contribution >= 0.6 is 11.3 Å². The van der Waals surface area contributed by atoms with Crippen LogP contribution in [0.2, 0.25) is 0 Å². The number of carboxylic acid groups (broad SMARTS) is 1. The predicted molar refractivity (Wildman–Crippen MR) is 107 cm³/mol. The number of rotatable bonds is 10.